The van der Waals surface area contributed by atoms with Crippen molar-refractivity contribution in [2.24, 2.45) is 11.8 Å². The van der Waals surface area contributed by atoms with Crippen molar-refractivity contribution >= 4 is 11.8 Å². The molecule has 2 amide bonds. The van der Waals surface area contributed by atoms with Crippen molar-refractivity contribution in [2.75, 3.05) is 20.1 Å². The summed E-state index contributed by atoms with van der Waals surface area (Å²) in [6, 6.07) is 0.105. The molecular formula is C23H28N4O3. The molecule has 7 nitrogen and oxygen atoms in total. The van der Waals surface area contributed by atoms with E-state index in [0.29, 0.717) is 6.54 Å². The van der Waals surface area contributed by atoms with E-state index >= 15 is 0 Å². The second kappa shape index (κ2) is 5.90. The first-order valence-electron chi connectivity index (χ1n) is 11.1. The highest BCUT2D eigenvalue weighted by molar-refractivity contribution is 5.93. The van der Waals surface area contributed by atoms with Crippen molar-refractivity contribution in [3.05, 3.63) is 35.4 Å². The lowest BCUT2D eigenvalue weighted by atomic mass is 9.65. The largest absolute Gasteiger partial charge is 0.360 e. The summed E-state index contributed by atoms with van der Waals surface area (Å²) in [6.07, 6.45) is 9.47. The summed E-state index contributed by atoms with van der Waals surface area (Å²) in [5.74, 6) is 0.108. The Balaban J connectivity index is 1.36. The van der Waals surface area contributed by atoms with Crippen molar-refractivity contribution in [1.29, 1.82) is 0 Å². The quantitative estimate of drug-likeness (QED) is 0.657. The average Bonchev–Trinajstić information content (AvgIpc) is 3.35. The average molecular weight is 409 g/mol. The van der Waals surface area contributed by atoms with E-state index in [1.165, 1.54) is 5.56 Å². The van der Waals surface area contributed by atoms with E-state index in [0.717, 1.165) is 43.7 Å². The molecule has 1 aromatic heterocycles. The second-order valence-electron chi connectivity index (χ2n) is 9.99. The number of aromatic nitrogens is 2. The predicted octanol–water partition coefficient (Wildman–Crippen LogP) is 1.39. The Morgan fingerprint density at radius 3 is 3.03 bits per heavy atom. The van der Waals surface area contributed by atoms with Gasteiger partial charge in [0, 0.05) is 31.2 Å². The number of piperidine rings is 1. The van der Waals surface area contributed by atoms with Gasteiger partial charge in [0.15, 0.2) is 0 Å². The first kappa shape index (κ1) is 18.5. The minimum absolute atomic E-state index is 0.0392. The number of carbonyl (C=O) groups excluding carboxylic acids is 2. The van der Waals surface area contributed by atoms with Gasteiger partial charge in [-0.3, -0.25) is 9.59 Å². The number of hydrogen-bond donors (Lipinski definition) is 0. The Labute approximate surface area is 176 Å². The zero-order valence-corrected chi connectivity index (χ0v) is 17.8. The van der Waals surface area contributed by atoms with Gasteiger partial charge in [-0.05, 0) is 38.2 Å². The SMILES string of the molecule is Cc1ncc2c(n1)[C@]1(C)CCCN(C(=O)C3C4C=CC5(CN(C)C(=O)C35)O4)C1CC2. The molecule has 0 saturated carbocycles. The summed E-state index contributed by atoms with van der Waals surface area (Å²) in [4.78, 5) is 39.9. The summed E-state index contributed by atoms with van der Waals surface area (Å²) in [7, 11) is 1.81. The maximum absolute atomic E-state index is 14.0. The van der Waals surface area contributed by atoms with Crippen LogP contribution in [-0.2, 0) is 26.2 Å². The molecule has 5 unspecified atom stereocenters. The number of nitrogens with zero attached hydrogens (tertiary/aromatic N) is 4. The summed E-state index contributed by atoms with van der Waals surface area (Å²) in [5.41, 5.74) is 1.55. The van der Waals surface area contributed by atoms with E-state index < -0.39 is 17.4 Å². The third kappa shape index (κ3) is 2.19. The Bertz CT molecular complexity index is 993. The smallest absolute Gasteiger partial charge is 0.229 e. The van der Waals surface area contributed by atoms with Crippen LogP contribution in [0.1, 0.15) is 43.3 Å². The third-order valence-corrected chi connectivity index (χ3v) is 8.28. The molecule has 3 saturated heterocycles. The molecule has 0 aromatic carbocycles. The number of likely N-dealkylation sites (tertiary alicyclic amines) is 2. The van der Waals surface area contributed by atoms with Crippen LogP contribution in [0, 0.1) is 18.8 Å². The molecule has 158 valence electrons. The molecule has 0 N–H and O–H groups in total. The Hall–Kier alpha value is -2.28. The number of aryl methyl sites for hydroxylation is 2. The van der Waals surface area contributed by atoms with Crippen LogP contribution < -0.4 is 0 Å². The normalized spacial score (nSPS) is 41.1. The fraction of sp³-hybridized carbons (Fsp3) is 0.652. The highest BCUT2D eigenvalue weighted by Gasteiger charge is 2.67. The number of amides is 2. The van der Waals surface area contributed by atoms with Crippen LogP contribution in [0.2, 0.25) is 0 Å². The van der Waals surface area contributed by atoms with Crippen molar-refractivity contribution in [1.82, 2.24) is 19.8 Å². The van der Waals surface area contributed by atoms with Gasteiger partial charge in [0.2, 0.25) is 11.8 Å². The van der Waals surface area contributed by atoms with E-state index in [1.807, 2.05) is 25.3 Å². The topological polar surface area (TPSA) is 75.6 Å². The van der Waals surface area contributed by atoms with Crippen LogP contribution in [0.3, 0.4) is 0 Å². The molecular weight excluding hydrogens is 380 g/mol. The molecule has 2 bridgehead atoms. The fourth-order valence-electron chi connectivity index (χ4n) is 6.93. The molecule has 0 radical (unpaired) electrons. The Morgan fingerprint density at radius 2 is 2.20 bits per heavy atom. The molecule has 30 heavy (non-hydrogen) atoms. The van der Waals surface area contributed by atoms with Gasteiger partial charge in [-0.15, -0.1) is 0 Å². The summed E-state index contributed by atoms with van der Waals surface area (Å²) >= 11 is 0. The van der Waals surface area contributed by atoms with Gasteiger partial charge >= 0.3 is 0 Å². The van der Waals surface area contributed by atoms with Gasteiger partial charge in [0.05, 0.1) is 30.2 Å². The van der Waals surface area contributed by atoms with Crippen molar-refractivity contribution in [3.63, 3.8) is 0 Å². The summed E-state index contributed by atoms with van der Waals surface area (Å²) in [5, 5.41) is 0. The van der Waals surface area contributed by atoms with Gasteiger partial charge in [0.25, 0.3) is 0 Å². The fourth-order valence-corrected chi connectivity index (χ4v) is 6.93. The zero-order chi connectivity index (χ0) is 20.8. The minimum Gasteiger partial charge on any atom is -0.360 e. The maximum Gasteiger partial charge on any atom is 0.229 e. The van der Waals surface area contributed by atoms with Crippen LogP contribution in [-0.4, -0.2) is 69.5 Å². The lowest BCUT2D eigenvalue weighted by Gasteiger charge is -2.52. The number of ether oxygens (including phenoxy) is 1. The van der Waals surface area contributed by atoms with E-state index in [9.17, 15) is 9.59 Å². The monoisotopic (exact) mass is 408 g/mol. The summed E-state index contributed by atoms with van der Waals surface area (Å²) < 4.78 is 6.24. The van der Waals surface area contributed by atoms with Crippen LogP contribution in [0.4, 0.5) is 0 Å². The van der Waals surface area contributed by atoms with Crippen LogP contribution in [0.25, 0.3) is 0 Å². The molecule has 6 atom stereocenters. The van der Waals surface area contributed by atoms with Gasteiger partial charge in [-0.2, -0.15) is 0 Å². The molecule has 7 heteroatoms. The summed E-state index contributed by atoms with van der Waals surface area (Å²) in [6.45, 7) is 5.47. The third-order valence-electron chi connectivity index (χ3n) is 8.28. The first-order valence-corrected chi connectivity index (χ1v) is 11.1. The second-order valence-corrected chi connectivity index (χ2v) is 9.99. The first-order chi connectivity index (χ1) is 14.3. The van der Waals surface area contributed by atoms with Gasteiger partial charge in [0.1, 0.15) is 11.4 Å². The van der Waals surface area contributed by atoms with Crippen LogP contribution >= 0.6 is 0 Å². The highest BCUT2D eigenvalue weighted by atomic mass is 16.5. The molecule has 6 rings (SSSR count). The molecule has 5 heterocycles. The van der Waals surface area contributed by atoms with Crippen LogP contribution in [0.5, 0.6) is 0 Å². The number of fused-ring (bicyclic) bond motifs is 4. The van der Waals surface area contributed by atoms with E-state index in [2.05, 4.69) is 16.8 Å². The molecule has 4 aliphatic heterocycles. The highest BCUT2D eigenvalue weighted by Crippen LogP contribution is 2.53. The molecule has 3 fully saturated rings. The van der Waals surface area contributed by atoms with Gasteiger partial charge in [-0.25, -0.2) is 9.97 Å². The van der Waals surface area contributed by atoms with Gasteiger partial charge in [-0.1, -0.05) is 19.1 Å². The molecule has 1 aromatic rings. The molecule has 1 aliphatic carbocycles. The minimum atomic E-state index is -0.612. The lowest BCUT2D eigenvalue weighted by Crippen LogP contribution is -2.60. The van der Waals surface area contributed by atoms with Crippen molar-refractivity contribution in [3.8, 4) is 0 Å². The number of likely N-dealkylation sites (N-methyl/N-ethyl adjacent to an activating group) is 1. The van der Waals surface area contributed by atoms with E-state index in [-0.39, 0.29) is 29.4 Å². The van der Waals surface area contributed by atoms with Crippen LogP contribution in [0.15, 0.2) is 18.3 Å². The molecule has 1 spiro atoms. The maximum atomic E-state index is 14.0. The van der Waals surface area contributed by atoms with Crippen molar-refractivity contribution in [2.45, 2.75) is 62.7 Å². The standard InChI is InChI=1S/C23H28N4O3/c1-13-24-11-14-5-6-16-22(2,19(14)25-13)8-4-10-27(16)20(28)17-15-7-9-23(30-15)12-26(3)21(29)18(17)23/h7,9,11,15-18H,4-6,8,10,12H2,1-3H3/t15?,16?,17?,18?,22-,23?/m1/s1. The number of carbonyl (C=O) groups is 2. The van der Waals surface area contributed by atoms with E-state index in [4.69, 9.17) is 9.72 Å². The number of rotatable bonds is 1. The Kier molecular flexibility index (Phi) is 3.64. The number of hydrogen-bond acceptors (Lipinski definition) is 5. The zero-order valence-electron chi connectivity index (χ0n) is 17.8. The Morgan fingerprint density at radius 1 is 1.37 bits per heavy atom. The van der Waals surface area contributed by atoms with Gasteiger partial charge < -0.3 is 14.5 Å². The van der Waals surface area contributed by atoms with E-state index in [1.54, 1.807) is 11.9 Å². The molecule has 5 aliphatic rings. The predicted molar refractivity (Wildman–Crippen MR) is 109 cm³/mol. The van der Waals surface area contributed by atoms with Crippen molar-refractivity contribution < 1.29 is 14.3 Å². The lowest BCUT2D eigenvalue weighted by molar-refractivity contribution is -0.148.